The average Bonchev–Trinajstić information content (AvgIpc) is 3.38. The summed E-state index contributed by atoms with van der Waals surface area (Å²) < 4.78 is 11.8. The Balaban J connectivity index is 1.55. The molecule has 9 heteroatoms. The normalized spacial score (nSPS) is 11.1. The van der Waals surface area contributed by atoms with Crippen LogP contribution in [0, 0.1) is 0 Å². The minimum Gasteiger partial charge on any atom is -0.463 e. The van der Waals surface area contributed by atoms with E-state index in [9.17, 15) is 4.79 Å². The van der Waals surface area contributed by atoms with E-state index < -0.39 is 5.97 Å². The summed E-state index contributed by atoms with van der Waals surface area (Å²) in [5.74, 6) is 1.65. The number of ether oxygens (including phenoxy) is 1. The molecule has 0 N–H and O–H groups in total. The molecule has 0 unspecified atom stereocenters. The van der Waals surface area contributed by atoms with Crippen molar-refractivity contribution in [2.45, 2.75) is 10.8 Å². The number of fused-ring (bicyclic) bond motifs is 1. The third kappa shape index (κ3) is 3.15. The summed E-state index contributed by atoms with van der Waals surface area (Å²) in [7, 11) is 1.32. The first-order valence-electron chi connectivity index (χ1n) is 7.31. The molecule has 4 rings (SSSR count). The molecule has 4 aromatic heterocycles. The third-order valence-electron chi connectivity index (χ3n) is 3.39. The van der Waals surface area contributed by atoms with Gasteiger partial charge in [-0.15, -0.1) is 21.5 Å². The number of esters is 1. The number of carbonyl (C=O) groups excluding carboxylic acids is 1. The Morgan fingerprint density at radius 1 is 1.28 bits per heavy atom. The van der Waals surface area contributed by atoms with Gasteiger partial charge in [0.05, 0.1) is 17.7 Å². The van der Waals surface area contributed by atoms with Gasteiger partial charge in [-0.05, 0) is 35.7 Å². The largest absolute Gasteiger partial charge is 0.463 e. The number of furan rings is 1. The monoisotopic (exact) mass is 372 g/mol. The number of rotatable bonds is 5. The molecule has 0 atom stereocenters. The number of aromatic nitrogens is 4. The molecule has 0 saturated heterocycles. The van der Waals surface area contributed by atoms with Crippen molar-refractivity contribution in [2.24, 2.45) is 0 Å². The molecule has 4 heterocycles. The van der Waals surface area contributed by atoms with E-state index >= 15 is 0 Å². The standard InChI is InChI=1S/C16H12N4O3S2/c1-22-16(21)11-5-4-10(23-11)9-25-14-7-6-13-17-18-15(20(13)19-14)12-3-2-8-24-12/h2-8H,9H2,1H3. The fourth-order valence-corrected chi connectivity index (χ4v) is 3.66. The zero-order chi connectivity index (χ0) is 17.2. The highest BCUT2D eigenvalue weighted by molar-refractivity contribution is 7.98. The Hall–Kier alpha value is -2.65. The molecule has 0 saturated carbocycles. The lowest BCUT2D eigenvalue weighted by atomic mass is 10.4. The van der Waals surface area contributed by atoms with Gasteiger partial charge in [-0.1, -0.05) is 17.8 Å². The Kier molecular flexibility index (Phi) is 4.24. The number of nitrogens with zero attached hydrogens (tertiary/aromatic N) is 4. The van der Waals surface area contributed by atoms with Crippen LogP contribution in [0.15, 0.2) is 51.2 Å². The Morgan fingerprint density at radius 2 is 2.20 bits per heavy atom. The zero-order valence-corrected chi connectivity index (χ0v) is 14.7. The van der Waals surface area contributed by atoms with Gasteiger partial charge in [0.25, 0.3) is 0 Å². The molecule has 0 radical (unpaired) electrons. The van der Waals surface area contributed by atoms with Gasteiger partial charge in [0.15, 0.2) is 11.5 Å². The molecular formula is C16H12N4O3S2. The van der Waals surface area contributed by atoms with Crippen LogP contribution in [-0.4, -0.2) is 32.9 Å². The zero-order valence-electron chi connectivity index (χ0n) is 13.1. The second-order valence-electron chi connectivity index (χ2n) is 4.99. The Bertz CT molecular complexity index is 1020. The molecule has 25 heavy (non-hydrogen) atoms. The lowest BCUT2D eigenvalue weighted by Gasteiger charge is -2.01. The molecule has 0 amide bonds. The first-order chi connectivity index (χ1) is 12.2. The van der Waals surface area contributed by atoms with Crippen LogP contribution >= 0.6 is 23.1 Å². The summed E-state index contributed by atoms with van der Waals surface area (Å²) in [4.78, 5) is 12.4. The number of carbonyl (C=O) groups is 1. The first kappa shape index (κ1) is 15.9. The highest BCUT2D eigenvalue weighted by atomic mass is 32.2. The quantitative estimate of drug-likeness (QED) is 0.391. The van der Waals surface area contributed by atoms with E-state index in [-0.39, 0.29) is 5.76 Å². The lowest BCUT2D eigenvalue weighted by molar-refractivity contribution is 0.0563. The maximum Gasteiger partial charge on any atom is 0.373 e. The van der Waals surface area contributed by atoms with Gasteiger partial charge in [0.1, 0.15) is 10.8 Å². The van der Waals surface area contributed by atoms with Gasteiger partial charge in [0.2, 0.25) is 5.76 Å². The molecule has 0 aliphatic carbocycles. The van der Waals surface area contributed by atoms with Crippen molar-refractivity contribution in [3.8, 4) is 10.7 Å². The van der Waals surface area contributed by atoms with Crippen LogP contribution < -0.4 is 0 Å². The van der Waals surface area contributed by atoms with Crippen molar-refractivity contribution < 1.29 is 13.9 Å². The Labute approximate surface area is 150 Å². The van der Waals surface area contributed by atoms with Gasteiger partial charge in [0, 0.05) is 0 Å². The predicted molar refractivity (Wildman–Crippen MR) is 93.7 cm³/mol. The minimum absolute atomic E-state index is 0.195. The summed E-state index contributed by atoms with van der Waals surface area (Å²) in [6, 6.07) is 11.1. The summed E-state index contributed by atoms with van der Waals surface area (Å²) >= 11 is 3.09. The fourth-order valence-electron chi connectivity index (χ4n) is 2.22. The average molecular weight is 372 g/mol. The van der Waals surface area contributed by atoms with E-state index in [4.69, 9.17) is 4.42 Å². The molecular weight excluding hydrogens is 360 g/mol. The molecule has 0 bridgehead atoms. The summed E-state index contributed by atoms with van der Waals surface area (Å²) in [6.07, 6.45) is 0. The maximum atomic E-state index is 11.4. The highest BCUT2D eigenvalue weighted by Gasteiger charge is 2.13. The van der Waals surface area contributed by atoms with E-state index in [0.29, 0.717) is 17.2 Å². The molecule has 7 nitrogen and oxygen atoms in total. The molecule has 0 aromatic carbocycles. The van der Waals surface area contributed by atoms with Crippen molar-refractivity contribution in [3.63, 3.8) is 0 Å². The molecule has 0 fully saturated rings. The van der Waals surface area contributed by atoms with Crippen LogP contribution in [0.1, 0.15) is 16.3 Å². The van der Waals surface area contributed by atoms with Gasteiger partial charge >= 0.3 is 5.97 Å². The summed E-state index contributed by atoms with van der Waals surface area (Å²) in [5, 5.41) is 15.7. The fraction of sp³-hybridized carbons (Fsp3) is 0.125. The number of methoxy groups -OCH3 is 1. The van der Waals surface area contributed by atoms with Crippen LogP contribution in [0.3, 0.4) is 0 Å². The summed E-state index contributed by atoms with van der Waals surface area (Å²) in [5.41, 5.74) is 0.693. The van der Waals surface area contributed by atoms with Crippen molar-refractivity contribution in [2.75, 3.05) is 7.11 Å². The van der Waals surface area contributed by atoms with Gasteiger partial charge in [-0.25, -0.2) is 4.79 Å². The topological polar surface area (TPSA) is 82.5 Å². The number of hydrogen-bond donors (Lipinski definition) is 0. The van der Waals surface area contributed by atoms with E-state index in [1.165, 1.54) is 18.9 Å². The number of thiophene rings is 1. The predicted octanol–water partition coefficient (Wildman–Crippen LogP) is 3.52. The smallest absolute Gasteiger partial charge is 0.373 e. The van der Waals surface area contributed by atoms with E-state index in [1.807, 2.05) is 29.6 Å². The minimum atomic E-state index is -0.485. The van der Waals surface area contributed by atoms with Crippen molar-refractivity contribution >= 4 is 34.7 Å². The Morgan fingerprint density at radius 3 is 3.00 bits per heavy atom. The van der Waals surface area contributed by atoms with E-state index in [0.717, 1.165) is 15.7 Å². The van der Waals surface area contributed by atoms with Crippen LogP contribution in [-0.2, 0) is 10.5 Å². The van der Waals surface area contributed by atoms with Gasteiger partial charge in [-0.2, -0.15) is 9.61 Å². The van der Waals surface area contributed by atoms with Crippen LogP contribution in [0.2, 0.25) is 0 Å². The van der Waals surface area contributed by atoms with Crippen molar-refractivity contribution in [3.05, 3.63) is 53.3 Å². The molecule has 4 aromatic rings. The second kappa shape index (κ2) is 6.69. The molecule has 126 valence electrons. The SMILES string of the molecule is COC(=O)c1ccc(CSc2ccc3nnc(-c4cccs4)n3n2)o1. The van der Waals surface area contributed by atoms with E-state index in [2.05, 4.69) is 20.0 Å². The van der Waals surface area contributed by atoms with E-state index in [1.54, 1.807) is 28.0 Å². The van der Waals surface area contributed by atoms with Crippen LogP contribution in [0.25, 0.3) is 16.3 Å². The second-order valence-corrected chi connectivity index (χ2v) is 6.93. The highest BCUT2D eigenvalue weighted by Crippen LogP contribution is 2.26. The molecule has 0 spiro atoms. The number of hydrogen-bond acceptors (Lipinski definition) is 8. The van der Waals surface area contributed by atoms with Crippen molar-refractivity contribution in [1.82, 2.24) is 19.8 Å². The van der Waals surface area contributed by atoms with Crippen LogP contribution in [0.4, 0.5) is 0 Å². The van der Waals surface area contributed by atoms with Gasteiger partial charge < -0.3 is 9.15 Å². The lowest BCUT2D eigenvalue weighted by Crippen LogP contribution is -1.98. The summed E-state index contributed by atoms with van der Waals surface area (Å²) in [6.45, 7) is 0. The van der Waals surface area contributed by atoms with Gasteiger partial charge in [-0.3, -0.25) is 0 Å². The number of thioether (sulfide) groups is 1. The van der Waals surface area contributed by atoms with Crippen molar-refractivity contribution in [1.29, 1.82) is 0 Å². The molecule has 0 aliphatic heterocycles. The third-order valence-corrected chi connectivity index (χ3v) is 5.20. The first-order valence-corrected chi connectivity index (χ1v) is 9.17. The maximum absolute atomic E-state index is 11.4. The van der Waals surface area contributed by atoms with Crippen LogP contribution in [0.5, 0.6) is 0 Å². The molecule has 0 aliphatic rings.